The van der Waals surface area contributed by atoms with Crippen LogP contribution in [0, 0.1) is 0 Å². The lowest BCUT2D eigenvalue weighted by Gasteiger charge is -2.27. The number of methoxy groups -OCH3 is 3. The number of nitrogens with zero attached hydrogens (tertiary/aromatic N) is 2. The zero-order valence-corrected chi connectivity index (χ0v) is 16.9. The summed E-state index contributed by atoms with van der Waals surface area (Å²) in [6.45, 7) is 3.25. The fourth-order valence-electron chi connectivity index (χ4n) is 2.80. The highest BCUT2D eigenvalue weighted by Gasteiger charge is 2.17. The molecule has 0 bridgehead atoms. The number of anilines is 1. The van der Waals surface area contributed by atoms with E-state index in [1.54, 1.807) is 29.7 Å². The Bertz CT molecular complexity index is 821. The van der Waals surface area contributed by atoms with Crippen LogP contribution < -0.4 is 24.5 Å². The third-order valence-electron chi connectivity index (χ3n) is 4.22. The third-order valence-corrected chi connectivity index (χ3v) is 5.30. The Morgan fingerprint density at radius 3 is 2.43 bits per heavy atom. The number of nitrogens with one attached hydrogen (secondary N) is 1. The van der Waals surface area contributed by atoms with E-state index in [0.717, 1.165) is 31.2 Å². The smallest absolute Gasteiger partial charge is 0.271 e. The summed E-state index contributed by atoms with van der Waals surface area (Å²) in [7, 11) is 4.51. The predicted molar refractivity (Wildman–Crippen MR) is 109 cm³/mol. The van der Waals surface area contributed by atoms with Crippen molar-refractivity contribution in [3.63, 3.8) is 0 Å². The van der Waals surface area contributed by atoms with E-state index in [4.69, 9.17) is 18.9 Å². The molecule has 8 nitrogen and oxygen atoms in total. The quantitative estimate of drug-likeness (QED) is 0.563. The monoisotopic (exact) mass is 405 g/mol. The number of thiophene rings is 1. The van der Waals surface area contributed by atoms with Crippen molar-refractivity contribution in [3.8, 4) is 17.2 Å². The maximum absolute atomic E-state index is 12.4. The van der Waals surface area contributed by atoms with Gasteiger partial charge in [-0.3, -0.25) is 4.79 Å². The largest absolute Gasteiger partial charge is 0.493 e. The summed E-state index contributed by atoms with van der Waals surface area (Å²) in [4.78, 5) is 15.7. The predicted octanol–water partition coefficient (Wildman–Crippen LogP) is 2.37. The fraction of sp³-hybridized carbons (Fsp3) is 0.368. The van der Waals surface area contributed by atoms with E-state index in [9.17, 15) is 4.79 Å². The number of hydrogen-bond donors (Lipinski definition) is 1. The summed E-state index contributed by atoms with van der Waals surface area (Å²) in [5.74, 6) is 0.869. The molecule has 28 heavy (non-hydrogen) atoms. The van der Waals surface area contributed by atoms with Crippen LogP contribution >= 0.6 is 11.3 Å². The molecule has 2 aromatic rings. The Morgan fingerprint density at radius 2 is 1.82 bits per heavy atom. The molecule has 0 spiro atoms. The standard InChI is InChI=1S/C19H23N3O5S/c1-24-15-10-13(11-16(25-2)18(15)26-3)19(23)21-20-12-14-4-5-17(28-14)22-6-8-27-9-7-22/h4-5,10-12H,6-9H2,1-3H3,(H,21,23)/b20-12+. The molecule has 0 atom stereocenters. The summed E-state index contributed by atoms with van der Waals surface area (Å²) in [6.07, 6.45) is 1.63. The van der Waals surface area contributed by atoms with Crippen molar-refractivity contribution in [1.29, 1.82) is 0 Å². The molecule has 150 valence electrons. The van der Waals surface area contributed by atoms with Crippen LogP contribution in [0.2, 0.25) is 0 Å². The molecule has 1 aliphatic heterocycles. The lowest BCUT2D eigenvalue weighted by molar-refractivity contribution is 0.0954. The van der Waals surface area contributed by atoms with Crippen LogP contribution in [0.3, 0.4) is 0 Å². The lowest BCUT2D eigenvalue weighted by atomic mass is 10.1. The molecule has 3 rings (SSSR count). The van der Waals surface area contributed by atoms with Gasteiger partial charge >= 0.3 is 0 Å². The number of ether oxygens (including phenoxy) is 4. The average Bonchev–Trinajstić information content (AvgIpc) is 3.22. The van der Waals surface area contributed by atoms with Crippen LogP contribution in [-0.2, 0) is 4.74 Å². The Morgan fingerprint density at radius 1 is 1.14 bits per heavy atom. The molecule has 2 heterocycles. The second-order valence-electron chi connectivity index (χ2n) is 5.89. The number of hydrazone groups is 1. The van der Waals surface area contributed by atoms with Crippen LogP contribution in [0.1, 0.15) is 15.2 Å². The molecule has 0 saturated carbocycles. The van der Waals surface area contributed by atoms with E-state index in [1.165, 1.54) is 26.3 Å². The summed E-state index contributed by atoms with van der Waals surface area (Å²) in [5.41, 5.74) is 2.88. The van der Waals surface area contributed by atoms with Gasteiger partial charge in [-0.05, 0) is 24.3 Å². The molecule has 1 aromatic carbocycles. The van der Waals surface area contributed by atoms with Crippen LogP contribution in [0.15, 0.2) is 29.4 Å². The second-order valence-corrected chi connectivity index (χ2v) is 6.98. The van der Waals surface area contributed by atoms with Gasteiger partial charge in [-0.2, -0.15) is 5.10 Å². The van der Waals surface area contributed by atoms with Crippen molar-refractivity contribution >= 4 is 28.5 Å². The molecule has 9 heteroatoms. The third kappa shape index (κ3) is 4.55. The summed E-state index contributed by atoms with van der Waals surface area (Å²) in [5, 5.41) is 5.23. The number of rotatable bonds is 7. The first-order valence-electron chi connectivity index (χ1n) is 8.72. The molecule has 1 amide bonds. The number of amides is 1. The highest BCUT2D eigenvalue weighted by atomic mass is 32.1. The second kappa shape index (κ2) is 9.43. The maximum atomic E-state index is 12.4. The number of benzene rings is 1. The fourth-order valence-corrected chi connectivity index (χ4v) is 3.73. The molecule has 0 unspecified atom stereocenters. The Kier molecular flexibility index (Phi) is 6.72. The van der Waals surface area contributed by atoms with Gasteiger partial charge < -0.3 is 23.8 Å². The van der Waals surface area contributed by atoms with E-state index >= 15 is 0 Å². The molecule has 1 aliphatic rings. The normalized spacial score (nSPS) is 14.2. The minimum absolute atomic E-state index is 0.354. The zero-order valence-electron chi connectivity index (χ0n) is 16.1. The first-order chi connectivity index (χ1) is 13.7. The van der Waals surface area contributed by atoms with Gasteiger partial charge in [0.1, 0.15) is 0 Å². The van der Waals surface area contributed by atoms with Gasteiger partial charge in [-0.1, -0.05) is 0 Å². The first kappa shape index (κ1) is 20.0. The van der Waals surface area contributed by atoms with Gasteiger partial charge in [0, 0.05) is 23.5 Å². The van der Waals surface area contributed by atoms with Gasteiger partial charge in [-0.15, -0.1) is 11.3 Å². The van der Waals surface area contributed by atoms with E-state index < -0.39 is 0 Å². The maximum Gasteiger partial charge on any atom is 0.271 e. The van der Waals surface area contributed by atoms with Gasteiger partial charge in [0.15, 0.2) is 11.5 Å². The SMILES string of the molecule is COc1cc(C(=O)N/N=C/c2ccc(N3CCOCC3)s2)cc(OC)c1OC. The molecule has 1 N–H and O–H groups in total. The van der Waals surface area contributed by atoms with Crippen LogP contribution in [0.5, 0.6) is 17.2 Å². The van der Waals surface area contributed by atoms with E-state index in [-0.39, 0.29) is 5.91 Å². The molecule has 0 radical (unpaired) electrons. The number of hydrogen-bond acceptors (Lipinski definition) is 8. The van der Waals surface area contributed by atoms with Crippen LogP contribution in [-0.4, -0.2) is 59.8 Å². The topological polar surface area (TPSA) is 81.6 Å². The lowest BCUT2D eigenvalue weighted by Crippen LogP contribution is -2.35. The molecular formula is C19H23N3O5S. The number of carbonyl (C=O) groups is 1. The molecule has 1 saturated heterocycles. The van der Waals surface area contributed by atoms with Crippen molar-refractivity contribution in [2.45, 2.75) is 0 Å². The van der Waals surface area contributed by atoms with Crippen molar-refractivity contribution in [3.05, 3.63) is 34.7 Å². The van der Waals surface area contributed by atoms with Crippen molar-refractivity contribution in [2.75, 3.05) is 52.5 Å². The summed E-state index contributed by atoms with van der Waals surface area (Å²) >= 11 is 1.62. The highest BCUT2D eigenvalue weighted by Crippen LogP contribution is 2.38. The molecule has 1 aromatic heterocycles. The van der Waals surface area contributed by atoms with Gasteiger partial charge in [0.25, 0.3) is 5.91 Å². The van der Waals surface area contributed by atoms with E-state index in [2.05, 4.69) is 21.5 Å². The zero-order chi connectivity index (χ0) is 19.9. The molecular weight excluding hydrogens is 382 g/mol. The summed E-state index contributed by atoms with van der Waals surface area (Å²) in [6, 6.07) is 7.19. The minimum Gasteiger partial charge on any atom is -0.493 e. The minimum atomic E-state index is -0.375. The van der Waals surface area contributed by atoms with Crippen molar-refractivity contribution in [2.24, 2.45) is 5.10 Å². The van der Waals surface area contributed by atoms with Crippen LogP contribution in [0.4, 0.5) is 5.00 Å². The van der Waals surface area contributed by atoms with Gasteiger partial charge in [0.2, 0.25) is 5.75 Å². The highest BCUT2D eigenvalue weighted by molar-refractivity contribution is 7.17. The number of carbonyl (C=O) groups excluding carboxylic acids is 1. The Hall–Kier alpha value is -2.78. The summed E-state index contributed by atoms with van der Waals surface area (Å²) < 4.78 is 21.2. The van der Waals surface area contributed by atoms with E-state index in [1.807, 2.05) is 6.07 Å². The first-order valence-corrected chi connectivity index (χ1v) is 9.54. The Labute approximate surface area is 167 Å². The number of morpholine rings is 1. The molecule has 1 fully saturated rings. The van der Waals surface area contributed by atoms with Crippen LogP contribution in [0.25, 0.3) is 0 Å². The van der Waals surface area contributed by atoms with Gasteiger partial charge in [-0.25, -0.2) is 5.43 Å². The Balaban J connectivity index is 1.66. The van der Waals surface area contributed by atoms with Crippen molar-refractivity contribution in [1.82, 2.24) is 5.43 Å². The van der Waals surface area contributed by atoms with E-state index in [0.29, 0.717) is 22.8 Å². The van der Waals surface area contributed by atoms with Gasteiger partial charge in [0.05, 0.1) is 45.8 Å². The average molecular weight is 405 g/mol. The van der Waals surface area contributed by atoms with Crippen molar-refractivity contribution < 1.29 is 23.7 Å². The molecule has 0 aliphatic carbocycles.